The van der Waals surface area contributed by atoms with Gasteiger partial charge in [0.2, 0.25) is 5.78 Å². The largest absolute Gasteiger partial charge is 0.510 e. The lowest BCUT2D eigenvalue weighted by Gasteiger charge is -2.50. The molecule has 1 heterocycles. The van der Waals surface area contributed by atoms with Gasteiger partial charge in [0.05, 0.1) is 18.7 Å². The van der Waals surface area contributed by atoms with Crippen molar-refractivity contribution in [1.29, 1.82) is 0 Å². The molecule has 11 nitrogen and oxygen atoms in total. The molecular weight excluding hydrogens is 530 g/mol. The van der Waals surface area contributed by atoms with Crippen molar-refractivity contribution >= 4 is 17.5 Å². The summed E-state index contributed by atoms with van der Waals surface area (Å²) in [6.07, 6.45) is 2.29. The number of primary amides is 1. The second-order valence-electron chi connectivity index (χ2n) is 12.8. The summed E-state index contributed by atoms with van der Waals surface area (Å²) in [4.78, 5) is 43.3. The van der Waals surface area contributed by atoms with Crippen molar-refractivity contribution < 1.29 is 39.5 Å². The Morgan fingerprint density at radius 1 is 1.17 bits per heavy atom. The first-order chi connectivity index (χ1) is 19.1. The summed E-state index contributed by atoms with van der Waals surface area (Å²) in [6.45, 7) is 6.80. The first-order valence-corrected chi connectivity index (χ1v) is 13.9. The van der Waals surface area contributed by atoms with Crippen molar-refractivity contribution in [2.24, 2.45) is 23.0 Å². The molecule has 0 unspecified atom stereocenters. The Bertz CT molecular complexity index is 1400. The number of likely N-dealkylation sites (tertiary alicyclic amines) is 1. The molecule has 1 amide bonds. The van der Waals surface area contributed by atoms with E-state index >= 15 is 0 Å². The minimum atomic E-state index is -2.66. The number of carbonyl (C=O) groups excluding carboxylic acids is 3. The minimum Gasteiger partial charge on any atom is -0.510 e. The number of hydrogen-bond acceptors (Lipinski definition) is 10. The Hall–Kier alpha value is -3.41. The monoisotopic (exact) mass is 569 g/mol. The maximum absolute atomic E-state index is 13.9. The number of methoxy groups -OCH3 is 1. The van der Waals surface area contributed by atoms with Gasteiger partial charge in [0, 0.05) is 29.2 Å². The van der Waals surface area contributed by atoms with Crippen LogP contribution in [0.15, 0.2) is 28.7 Å². The van der Waals surface area contributed by atoms with Crippen LogP contribution < -0.4 is 10.5 Å². The number of likely N-dealkylation sites (N-methyl/N-ethyl adjacent to an activating group) is 1. The van der Waals surface area contributed by atoms with Crippen LogP contribution in [0.4, 0.5) is 0 Å². The number of nitrogens with zero attached hydrogens (tertiary/aromatic N) is 2. The van der Waals surface area contributed by atoms with E-state index in [1.807, 2.05) is 0 Å². The van der Waals surface area contributed by atoms with Gasteiger partial charge in [0.15, 0.2) is 11.4 Å². The van der Waals surface area contributed by atoms with E-state index in [4.69, 9.17) is 10.5 Å². The molecule has 0 radical (unpaired) electrons. The predicted molar refractivity (Wildman–Crippen MR) is 149 cm³/mol. The van der Waals surface area contributed by atoms with Crippen molar-refractivity contribution in [2.75, 3.05) is 34.3 Å². The van der Waals surface area contributed by atoms with Crippen LogP contribution >= 0.6 is 0 Å². The number of fused-ring (bicyclic) bond motifs is 3. The lowest BCUT2D eigenvalue weighted by Crippen LogP contribution is -2.63. The molecule has 4 aliphatic rings. The van der Waals surface area contributed by atoms with E-state index in [9.17, 15) is 34.8 Å². The third-order valence-electron chi connectivity index (χ3n) is 9.56. The maximum Gasteiger partial charge on any atom is 0.255 e. The van der Waals surface area contributed by atoms with E-state index in [0.717, 1.165) is 31.5 Å². The van der Waals surface area contributed by atoms with Crippen LogP contribution in [0.5, 0.6) is 11.5 Å². The molecule has 1 aromatic carbocycles. The van der Waals surface area contributed by atoms with Crippen LogP contribution in [0.2, 0.25) is 0 Å². The second-order valence-corrected chi connectivity index (χ2v) is 12.8. The molecule has 0 saturated carbocycles. The quantitative estimate of drug-likeness (QED) is 0.329. The molecule has 1 fully saturated rings. The number of rotatable bonds is 5. The third-order valence-corrected chi connectivity index (χ3v) is 9.56. The molecule has 3 aliphatic carbocycles. The predicted octanol–water partition coefficient (Wildman–Crippen LogP) is 1.75. The van der Waals surface area contributed by atoms with Crippen molar-refractivity contribution in [1.82, 2.24) is 9.80 Å². The van der Waals surface area contributed by atoms with Gasteiger partial charge in [-0.2, -0.15) is 0 Å². The number of Topliss-reactive ketones (excluding diaryl/α,β-unsaturated/α-hetero) is 2. The fourth-order valence-corrected chi connectivity index (χ4v) is 7.29. The molecule has 6 N–H and O–H groups in total. The van der Waals surface area contributed by atoms with Gasteiger partial charge in [0.25, 0.3) is 5.91 Å². The van der Waals surface area contributed by atoms with Crippen LogP contribution in [-0.2, 0) is 22.6 Å². The van der Waals surface area contributed by atoms with Crippen LogP contribution in [-0.4, -0.2) is 93.6 Å². The van der Waals surface area contributed by atoms with Crippen molar-refractivity contribution in [3.63, 3.8) is 0 Å². The summed E-state index contributed by atoms with van der Waals surface area (Å²) in [5, 5.41) is 45.2. The summed E-state index contributed by atoms with van der Waals surface area (Å²) in [5.74, 6) is -6.22. The molecule has 0 spiro atoms. The van der Waals surface area contributed by atoms with E-state index < -0.39 is 58.0 Å². The second kappa shape index (κ2) is 9.85. The van der Waals surface area contributed by atoms with E-state index in [-0.39, 0.29) is 35.1 Å². The number of aliphatic hydroxyl groups excluding tert-OH is 2. The molecule has 5 rings (SSSR count). The molecule has 41 heavy (non-hydrogen) atoms. The van der Waals surface area contributed by atoms with Gasteiger partial charge in [-0.05, 0) is 70.3 Å². The van der Waals surface area contributed by atoms with Gasteiger partial charge in [0.1, 0.15) is 28.6 Å². The first-order valence-electron chi connectivity index (χ1n) is 13.9. The molecule has 1 aliphatic heterocycles. The zero-order valence-corrected chi connectivity index (χ0v) is 24.2. The zero-order valence-electron chi connectivity index (χ0n) is 24.2. The number of aromatic hydroxyl groups is 1. The number of aliphatic hydroxyl groups is 3. The minimum absolute atomic E-state index is 0.0289. The number of phenolic OH excluding ortho intramolecular Hbond substituents is 1. The van der Waals surface area contributed by atoms with Crippen molar-refractivity contribution in [3.8, 4) is 11.5 Å². The smallest absolute Gasteiger partial charge is 0.255 e. The molecule has 4 atom stereocenters. The number of benzene rings is 1. The first kappa shape index (κ1) is 29.1. The molecule has 222 valence electrons. The molecule has 11 heteroatoms. The zero-order chi connectivity index (χ0) is 30.2. The van der Waals surface area contributed by atoms with Gasteiger partial charge in [-0.1, -0.05) is 13.8 Å². The summed E-state index contributed by atoms with van der Waals surface area (Å²) in [7, 11) is 4.71. The fraction of sp³-hybridized carbons (Fsp3) is 0.567. The Morgan fingerprint density at radius 3 is 2.37 bits per heavy atom. The number of hydrogen-bond donors (Lipinski definition) is 5. The van der Waals surface area contributed by atoms with E-state index in [2.05, 4.69) is 18.7 Å². The highest BCUT2D eigenvalue weighted by Crippen LogP contribution is 2.53. The number of piperidine rings is 1. The van der Waals surface area contributed by atoms with Crippen LogP contribution in [0.25, 0.3) is 0 Å². The summed E-state index contributed by atoms with van der Waals surface area (Å²) in [6, 6.07) is 0.471. The average Bonchev–Trinajstić information content (AvgIpc) is 2.87. The van der Waals surface area contributed by atoms with Crippen LogP contribution in [0.1, 0.15) is 54.6 Å². The Balaban J connectivity index is 1.60. The topological polar surface area (TPSA) is 174 Å². The molecular formula is C30H39N3O8. The van der Waals surface area contributed by atoms with Gasteiger partial charge < -0.3 is 30.9 Å². The number of amides is 1. The summed E-state index contributed by atoms with van der Waals surface area (Å²) >= 11 is 0. The lowest BCUT2D eigenvalue weighted by atomic mass is 9.58. The fourth-order valence-electron chi connectivity index (χ4n) is 7.29. The Kier molecular flexibility index (Phi) is 6.99. The number of carbonyl (C=O) groups is 3. The highest BCUT2D eigenvalue weighted by molar-refractivity contribution is 6.24. The van der Waals surface area contributed by atoms with E-state index in [1.165, 1.54) is 18.1 Å². The third kappa shape index (κ3) is 4.33. The lowest BCUT2D eigenvalue weighted by molar-refractivity contribution is -0.148. The molecule has 1 aromatic rings. The van der Waals surface area contributed by atoms with Gasteiger partial charge in [-0.25, -0.2) is 0 Å². The van der Waals surface area contributed by atoms with Gasteiger partial charge >= 0.3 is 0 Å². The number of nitrogens with two attached hydrogens (primary N) is 1. The number of ether oxygens (including phenoxy) is 1. The van der Waals surface area contributed by atoms with Gasteiger partial charge in [-0.3, -0.25) is 24.2 Å². The molecule has 1 saturated heterocycles. The highest BCUT2D eigenvalue weighted by atomic mass is 16.5. The SMILES string of the molecule is COc1c(CN2CCC(C)(C)CC2)cc(O)c2c1C[C@H]1C[C@H]3[C@H](N(C)C)C(O)=C(C(N)=O)C(=O)[C@@]3(O)C(O)=C1C2=O. The van der Waals surface area contributed by atoms with Crippen LogP contribution in [0.3, 0.4) is 0 Å². The molecule has 0 aromatic heterocycles. The van der Waals surface area contributed by atoms with E-state index in [1.54, 1.807) is 14.1 Å². The summed E-state index contributed by atoms with van der Waals surface area (Å²) < 4.78 is 5.82. The van der Waals surface area contributed by atoms with Gasteiger partial charge in [-0.15, -0.1) is 0 Å². The Labute approximate surface area is 238 Å². The van der Waals surface area contributed by atoms with Crippen molar-refractivity contribution in [2.45, 2.75) is 57.7 Å². The highest BCUT2D eigenvalue weighted by Gasteiger charge is 2.63. The maximum atomic E-state index is 13.9. The van der Waals surface area contributed by atoms with Crippen molar-refractivity contribution in [3.05, 3.63) is 45.4 Å². The normalized spacial score (nSPS) is 29.8. The number of allylic oxidation sites excluding steroid dienone is 1. The van der Waals surface area contributed by atoms with E-state index in [0.29, 0.717) is 17.9 Å². The molecule has 0 bridgehead atoms. The number of ketones is 2. The number of phenols is 1. The Morgan fingerprint density at radius 2 is 1.80 bits per heavy atom. The standard InChI is InChI=1S/C30H39N3O8/c1-29(2)6-8-33(9-7-29)13-15-12-18(34)20-16(25(15)41-5)10-14-11-17-22(32(3)4)24(36)21(28(31)39)27(38)30(17,40)26(37)19(14)23(20)35/h12,14,17,22,34,36-37,40H,6-11,13H2,1-5H3,(H2,31,39)/t14-,17-,22-,30-/m0/s1. The summed E-state index contributed by atoms with van der Waals surface area (Å²) in [5.41, 5.74) is 3.17. The van der Waals surface area contributed by atoms with Crippen LogP contribution in [0, 0.1) is 17.3 Å². The average molecular weight is 570 g/mol.